The van der Waals surface area contributed by atoms with E-state index in [4.69, 9.17) is 24.7 Å². The van der Waals surface area contributed by atoms with Gasteiger partial charge in [-0.1, -0.05) is 0 Å². The van der Waals surface area contributed by atoms with E-state index in [0.29, 0.717) is 26.2 Å². The van der Waals surface area contributed by atoms with Crippen LogP contribution in [-0.4, -0.2) is 103 Å². The van der Waals surface area contributed by atoms with E-state index < -0.39 is 46.8 Å². The molecular formula is C28H54N8O8. The van der Waals surface area contributed by atoms with Gasteiger partial charge in [-0.25, -0.2) is 19.2 Å². The molecule has 0 aliphatic heterocycles. The van der Waals surface area contributed by atoms with Crippen LogP contribution in [0.5, 0.6) is 0 Å². The highest BCUT2D eigenvalue weighted by atomic mass is 16.6. The van der Waals surface area contributed by atoms with E-state index in [9.17, 15) is 19.2 Å². The van der Waals surface area contributed by atoms with E-state index in [1.54, 1.807) is 83.1 Å². The van der Waals surface area contributed by atoms with Gasteiger partial charge < -0.3 is 24.7 Å². The van der Waals surface area contributed by atoms with Crippen molar-refractivity contribution in [3.8, 4) is 0 Å². The molecule has 0 aromatic rings. The number of carbonyl (C=O) groups is 4. The maximum absolute atomic E-state index is 12.3. The lowest BCUT2D eigenvalue weighted by Crippen LogP contribution is -2.47. The molecule has 16 nitrogen and oxygen atoms in total. The predicted octanol–water partition coefficient (Wildman–Crippen LogP) is 3.06. The SMILES string of the molecule is CC(C)(C)OC(=O)NC(=NCCN(CCN)CCN=C(NC(=O)OC(C)(C)C)NC(=O)OC(C)(C)C)NC(=O)OC(C)(C)C. The zero-order valence-electron chi connectivity index (χ0n) is 28.4. The third kappa shape index (κ3) is 23.9. The topological polar surface area (TPSA) is 207 Å². The number of nitrogens with two attached hydrogens (primary N) is 1. The molecule has 0 saturated heterocycles. The number of hydrogen-bond donors (Lipinski definition) is 5. The Labute approximate surface area is 261 Å². The Morgan fingerprint density at radius 3 is 0.977 bits per heavy atom. The molecule has 16 heteroatoms. The highest BCUT2D eigenvalue weighted by Gasteiger charge is 2.23. The van der Waals surface area contributed by atoms with Crippen LogP contribution in [0.25, 0.3) is 0 Å². The number of alkyl carbamates (subject to hydrolysis) is 4. The second-order valence-electron chi connectivity index (χ2n) is 13.6. The van der Waals surface area contributed by atoms with Crippen LogP contribution in [0.4, 0.5) is 19.2 Å². The third-order valence-electron chi connectivity index (χ3n) is 4.30. The van der Waals surface area contributed by atoms with E-state index in [2.05, 4.69) is 31.3 Å². The van der Waals surface area contributed by atoms with Gasteiger partial charge >= 0.3 is 24.4 Å². The summed E-state index contributed by atoms with van der Waals surface area (Å²) in [4.78, 5) is 59.8. The lowest BCUT2D eigenvalue weighted by Gasteiger charge is -2.23. The average molecular weight is 631 g/mol. The maximum Gasteiger partial charge on any atom is 0.414 e. The minimum absolute atomic E-state index is 0.143. The van der Waals surface area contributed by atoms with Gasteiger partial charge in [0.2, 0.25) is 11.9 Å². The standard InChI is InChI=1S/C28H54N8O8/c1-25(2,3)41-21(37)32-19(33-22(38)42-26(4,5)6)30-14-17-36(16-13-29)18-15-31-20(34-23(39)43-27(7,8)9)35-24(40)44-28(10,11)12/h13-18,29H2,1-12H3,(H2,30,32,33,37,38)(H2,31,34,35,39,40). The monoisotopic (exact) mass is 630 g/mol. The lowest BCUT2D eigenvalue weighted by atomic mass is 10.2. The van der Waals surface area contributed by atoms with Crippen LogP contribution in [0, 0.1) is 0 Å². The molecule has 254 valence electrons. The summed E-state index contributed by atoms with van der Waals surface area (Å²) in [7, 11) is 0. The third-order valence-corrected chi connectivity index (χ3v) is 4.30. The van der Waals surface area contributed by atoms with Gasteiger partial charge in [-0.3, -0.25) is 36.2 Å². The maximum atomic E-state index is 12.3. The molecule has 0 bridgehead atoms. The number of guanidine groups is 2. The quantitative estimate of drug-likeness (QED) is 0.150. The Morgan fingerprint density at radius 2 is 0.773 bits per heavy atom. The second-order valence-corrected chi connectivity index (χ2v) is 13.6. The molecule has 0 fully saturated rings. The van der Waals surface area contributed by atoms with Crippen molar-refractivity contribution in [2.45, 2.75) is 105 Å². The molecule has 6 N–H and O–H groups in total. The minimum Gasteiger partial charge on any atom is -0.444 e. The van der Waals surface area contributed by atoms with E-state index in [-0.39, 0.29) is 25.0 Å². The van der Waals surface area contributed by atoms with Gasteiger partial charge in [0.25, 0.3) is 0 Å². The largest absolute Gasteiger partial charge is 0.444 e. The van der Waals surface area contributed by atoms with Crippen molar-refractivity contribution in [1.82, 2.24) is 26.2 Å². The molecule has 0 atom stereocenters. The molecule has 0 aliphatic rings. The van der Waals surface area contributed by atoms with Gasteiger partial charge in [-0.15, -0.1) is 0 Å². The number of ether oxygens (including phenoxy) is 4. The van der Waals surface area contributed by atoms with Gasteiger partial charge in [0, 0.05) is 26.2 Å². The first-order chi connectivity index (χ1) is 19.9. The molecule has 44 heavy (non-hydrogen) atoms. The Kier molecular flexibility index (Phi) is 16.1. The molecule has 0 rings (SSSR count). The fraction of sp³-hybridized carbons (Fsp3) is 0.786. The molecule has 0 radical (unpaired) electrons. The fourth-order valence-corrected chi connectivity index (χ4v) is 2.95. The summed E-state index contributed by atoms with van der Waals surface area (Å²) >= 11 is 0. The Morgan fingerprint density at radius 1 is 0.523 bits per heavy atom. The second kappa shape index (κ2) is 17.6. The molecule has 0 heterocycles. The smallest absolute Gasteiger partial charge is 0.414 e. The van der Waals surface area contributed by atoms with Crippen molar-refractivity contribution in [3.05, 3.63) is 0 Å². The minimum atomic E-state index is -0.803. The van der Waals surface area contributed by atoms with Crippen LogP contribution in [0.3, 0.4) is 0 Å². The number of rotatable bonds is 8. The molecule has 0 aromatic carbocycles. The first-order valence-electron chi connectivity index (χ1n) is 14.4. The van der Waals surface area contributed by atoms with E-state index in [1.165, 1.54) is 0 Å². The lowest BCUT2D eigenvalue weighted by molar-refractivity contribution is 0.0521. The molecule has 0 aromatic heterocycles. The molecule has 0 unspecified atom stereocenters. The zero-order chi connectivity index (χ0) is 34.4. The van der Waals surface area contributed by atoms with E-state index in [0.717, 1.165) is 0 Å². The van der Waals surface area contributed by atoms with Crippen LogP contribution in [0.15, 0.2) is 9.98 Å². The number of amides is 4. The predicted molar refractivity (Wildman–Crippen MR) is 168 cm³/mol. The summed E-state index contributed by atoms with van der Waals surface area (Å²) in [6, 6.07) is 0. The number of hydrogen-bond acceptors (Lipinski definition) is 12. The molecule has 0 saturated carbocycles. The van der Waals surface area contributed by atoms with Crippen molar-refractivity contribution >= 4 is 36.3 Å². The van der Waals surface area contributed by atoms with Gasteiger partial charge in [0.15, 0.2) is 0 Å². The Balaban J connectivity index is 5.61. The van der Waals surface area contributed by atoms with E-state index in [1.807, 2.05) is 4.90 Å². The Hall–Kier alpha value is -3.66. The average Bonchev–Trinajstić information content (AvgIpc) is 2.73. The van der Waals surface area contributed by atoms with Crippen molar-refractivity contribution in [2.24, 2.45) is 15.7 Å². The molecular weight excluding hydrogens is 576 g/mol. The van der Waals surface area contributed by atoms with Crippen molar-refractivity contribution in [2.75, 3.05) is 39.3 Å². The summed E-state index contributed by atoms with van der Waals surface area (Å²) in [6.07, 6.45) is -3.21. The van der Waals surface area contributed by atoms with E-state index >= 15 is 0 Å². The van der Waals surface area contributed by atoms with Gasteiger partial charge in [0.1, 0.15) is 22.4 Å². The van der Waals surface area contributed by atoms with Gasteiger partial charge in [-0.2, -0.15) is 0 Å². The van der Waals surface area contributed by atoms with Crippen LogP contribution >= 0.6 is 0 Å². The first kappa shape index (κ1) is 40.3. The van der Waals surface area contributed by atoms with Crippen LogP contribution in [0.2, 0.25) is 0 Å². The first-order valence-corrected chi connectivity index (χ1v) is 14.4. The highest BCUT2D eigenvalue weighted by Crippen LogP contribution is 2.09. The number of aliphatic imine (C=N–C) groups is 2. The van der Waals surface area contributed by atoms with Crippen LogP contribution in [0.1, 0.15) is 83.1 Å². The summed E-state index contributed by atoms with van der Waals surface area (Å²) in [6.45, 7) is 22.2. The summed E-state index contributed by atoms with van der Waals surface area (Å²) in [5.74, 6) is -0.297. The molecule has 0 spiro atoms. The summed E-state index contributed by atoms with van der Waals surface area (Å²) < 4.78 is 21.0. The highest BCUT2D eigenvalue weighted by molar-refractivity contribution is 6.02. The van der Waals surface area contributed by atoms with Crippen molar-refractivity contribution < 1.29 is 38.1 Å². The molecule has 0 aliphatic carbocycles. The van der Waals surface area contributed by atoms with Gasteiger partial charge in [0.05, 0.1) is 13.1 Å². The Bertz CT molecular complexity index is 877. The summed E-state index contributed by atoms with van der Waals surface area (Å²) in [5, 5.41) is 9.72. The normalized spacial score (nSPS) is 12.0. The molecule has 4 amide bonds. The van der Waals surface area contributed by atoms with Crippen LogP contribution < -0.4 is 27.0 Å². The number of carbonyl (C=O) groups excluding carboxylic acids is 4. The van der Waals surface area contributed by atoms with Gasteiger partial charge in [-0.05, 0) is 83.1 Å². The van der Waals surface area contributed by atoms with Crippen molar-refractivity contribution in [1.29, 1.82) is 0 Å². The number of nitrogens with one attached hydrogen (secondary N) is 4. The number of nitrogens with zero attached hydrogens (tertiary/aromatic N) is 3. The fourth-order valence-electron chi connectivity index (χ4n) is 2.95. The zero-order valence-corrected chi connectivity index (χ0v) is 28.4. The van der Waals surface area contributed by atoms with Crippen LogP contribution in [-0.2, 0) is 18.9 Å². The summed E-state index contributed by atoms with van der Waals surface area (Å²) in [5.41, 5.74) is 2.71. The van der Waals surface area contributed by atoms with Crippen molar-refractivity contribution in [3.63, 3.8) is 0 Å².